The summed E-state index contributed by atoms with van der Waals surface area (Å²) in [5.74, 6) is -1.09. The second-order valence-electron chi connectivity index (χ2n) is 6.33. The van der Waals surface area contributed by atoms with E-state index in [1.165, 1.54) is 11.0 Å². The lowest BCUT2D eigenvalue weighted by Crippen LogP contribution is -2.36. The smallest absolute Gasteiger partial charge is 0.228 e. The van der Waals surface area contributed by atoms with Crippen molar-refractivity contribution in [3.8, 4) is 0 Å². The number of aromatic nitrogens is 1. The maximum Gasteiger partial charge on any atom is 0.228 e. The molecular weight excluding hydrogens is 321 g/mol. The topological polar surface area (TPSA) is 53.5 Å². The van der Waals surface area contributed by atoms with E-state index in [2.05, 4.69) is 4.98 Å². The average Bonchev–Trinajstić information content (AvgIpc) is 2.92. The molecule has 0 saturated carbocycles. The summed E-state index contributed by atoms with van der Waals surface area (Å²) in [5.41, 5.74) is 1.28. The van der Waals surface area contributed by atoms with Crippen molar-refractivity contribution in [2.45, 2.75) is 19.0 Å². The molecule has 1 fully saturated rings. The van der Waals surface area contributed by atoms with Gasteiger partial charge in [0.15, 0.2) is 0 Å². The van der Waals surface area contributed by atoms with E-state index in [4.69, 9.17) is 0 Å². The van der Waals surface area contributed by atoms with Gasteiger partial charge >= 0.3 is 0 Å². The highest BCUT2D eigenvalue weighted by Gasteiger charge is 2.43. The Morgan fingerprint density at radius 3 is 2.76 bits per heavy atom. The summed E-state index contributed by atoms with van der Waals surface area (Å²) in [6.45, 7) is 0.166. The molecule has 1 aromatic carbocycles. The highest BCUT2D eigenvalue weighted by molar-refractivity contribution is 5.90. The number of benzene rings is 1. The fourth-order valence-electron chi connectivity index (χ4n) is 3.34. The van der Waals surface area contributed by atoms with E-state index in [9.17, 15) is 14.0 Å². The van der Waals surface area contributed by atoms with Crippen LogP contribution in [0.3, 0.4) is 0 Å². The van der Waals surface area contributed by atoms with E-state index >= 15 is 0 Å². The minimum Gasteiger partial charge on any atom is -0.341 e. The number of hydrogen-bond acceptors (Lipinski definition) is 3. The van der Waals surface area contributed by atoms with Crippen LogP contribution >= 0.6 is 0 Å². The first-order valence-electron chi connectivity index (χ1n) is 8.13. The van der Waals surface area contributed by atoms with Crippen LogP contribution in [0.5, 0.6) is 0 Å². The molecule has 0 N–H and O–H groups in total. The highest BCUT2D eigenvalue weighted by Crippen LogP contribution is 2.37. The number of pyridine rings is 1. The minimum absolute atomic E-state index is 0.0773. The number of rotatable bonds is 4. The summed E-state index contributed by atoms with van der Waals surface area (Å²) in [5, 5.41) is 0. The van der Waals surface area contributed by atoms with Gasteiger partial charge in [0.05, 0.1) is 12.0 Å². The Bertz CT molecular complexity index is 781. The molecule has 3 rings (SSSR count). The second-order valence-corrected chi connectivity index (χ2v) is 6.33. The first-order valence-corrected chi connectivity index (χ1v) is 8.13. The van der Waals surface area contributed by atoms with Crippen LogP contribution in [-0.4, -0.2) is 40.7 Å². The van der Waals surface area contributed by atoms with Crippen molar-refractivity contribution in [1.29, 1.82) is 0 Å². The van der Waals surface area contributed by atoms with Gasteiger partial charge in [0.2, 0.25) is 11.8 Å². The van der Waals surface area contributed by atoms with Gasteiger partial charge in [-0.2, -0.15) is 0 Å². The minimum atomic E-state index is -0.501. The number of amides is 2. The van der Waals surface area contributed by atoms with Gasteiger partial charge in [-0.15, -0.1) is 0 Å². The normalized spacial score (nSPS) is 20.0. The summed E-state index contributed by atoms with van der Waals surface area (Å²) in [6.07, 6.45) is 3.48. The number of likely N-dealkylation sites (tertiary alicyclic amines) is 1. The van der Waals surface area contributed by atoms with Crippen molar-refractivity contribution in [2.24, 2.45) is 5.92 Å². The molecule has 25 heavy (non-hydrogen) atoms. The molecule has 0 bridgehead atoms. The summed E-state index contributed by atoms with van der Waals surface area (Å²) in [4.78, 5) is 32.3. The molecule has 1 aliphatic rings. The lowest BCUT2D eigenvalue weighted by molar-refractivity contribution is -0.135. The fourth-order valence-corrected chi connectivity index (χ4v) is 3.34. The van der Waals surface area contributed by atoms with Crippen LogP contribution in [0.1, 0.15) is 23.6 Å². The standard InChI is InChI=1S/C19H20FN3O2/c1-22(12-14-6-3-4-8-16(14)20)19(25)15-10-17(24)23(2)18(15)13-7-5-9-21-11-13/h3-9,11,15,18H,10,12H2,1-2H3/t15-,18+/m0/s1. The number of hydrogen-bond donors (Lipinski definition) is 0. The molecule has 2 atom stereocenters. The van der Waals surface area contributed by atoms with Gasteiger partial charge in [-0.25, -0.2) is 4.39 Å². The van der Waals surface area contributed by atoms with Crippen molar-refractivity contribution >= 4 is 11.8 Å². The molecule has 0 spiro atoms. The lowest BCUT2D eigenvalue weighted by Gasteiger charge is -2.27. The molecule has 130 valence electrons. The third-order valence-corrected chi connectivity index (χ3v) is 4.67. The maximum absolute atomic E-state index is 13.8. The van der Waals surface area contributed by atoms with Gasteiger partial charge in [0.1, 0.15) is 5.82 Å². The number of carbonyl (C=O) groups is 2. The summed E-state index contributed by atoms with van der Waals surface area (Å²) >= 11 is 0. The summed E-state index contributed by atoms with van der Waals surface area (Å²) in [6, 6.07) is 9.69. The fraction of sp³-hybridized carbons (Fsp3) is 0.316. The molecule has 1 aliphatic heterocycles. The SMILES string of the molecule is CN(Cc1ccccc1F)C(=O)[C@H]1CC(=O)N(C)[C@@H]1c1cccnc1. The molecule has 0 aliphatic carbocycles. The van der Waals surface area contributed by atoms with Crippen LogP contribution in [-0.2, 0) is 16.1 Å². The highest BCUT2D eigenvalue weighted by atomic mass is 19.1. The first kappa shape index (κ1) is 17.1. The Morgan fingerprint density at radius 1 is 1.32 bits per heavy atom. The van der Waals surface area contributed by atoms with Gasteiger partial charge in [-0.3, -0.25) is 14.6 Å². The zero-order valence-corrected chi connectivity index (χ0v) is 14.2. The van der Waals surface area contributed by atoms with Gasteiger partial charge in [-0.1, -0.05) is 24.3 Å². The van der Waals surface area contributed by atoms with E-state index in [1.807, 2.05) is 6.07 Å². The molecule has 2 heterocycles. The molecule has 1 aromatic heterocycles. The second kappa shape index (κ2) is 7.01. The third kappa shape index (κ3) is 3.38. The van der Waals surface area contributed by atoms with E-state index < -0.39 is 5.92 Å². The van der Waals surface area contributed by atoms with Gasteiger partial charge in [0, 0.05) is 45.0 Å². The van der Waals surface area contributed by atoms with E-state index in [0.717, 1.165) is 5.56 Å². The molecule has 0 radical (unpaired) electrons. The number of halogens is 1. The van der Waals surface area contributed by atoms with Crippen molar-refractivity contribution in [1.82, 2.24) is 14.8 Å². The Morgan fingerprint density at radius 2 is 2.08 bits per heavy atom. The predicted molar refractivity (Wildman–Crippen MR) is 90.7 cm³/mol. The van der Waals surface area contributed by atoms with Crippen LogP contribution in [0.25, 0.3) is 0 Å². The van der Waals surface area contributed by atoms with E-state index in [1.54, 1.807) is 55.7 Å². The zero-order chi connectivity index (χ0) is 18.0. The van der Waals surface area contributed by atoms with Crippen LogP contribution in [0.4, 0.5) is 4.39 Å². The first-order chi connectivity index (χ1) is 12.0. The van der Waals surface area contributed by atoms with Crippen molar-refractivity contribution in [3.63, 3.8) is 0 Å². The Hall–Kier alpha value is -2.76. The van der Waals surface area contributed by atoms with Gasteiger partial charge < -0.3 is 9.80 Å². The summed E-state index contributed by atoms with van der Waals surface area (Å²) in [7, 11) is 3.34. The van der Waals surface area contributed by atoms with Crippen LogP contribution in [0.2, 0.25) is 0 Å². The van der Waals surface area contributed by atoms with Gasteiger partial charge in [-0.05, 0) is 17.7 Å². The molecule has 0 unspecified atom stereocenters. The Balaban J connectivity index is 1.82. The molecule has 2 aromatic rings. The number of nitrogens with zero attached hydrogens (tertiary/aromatic N) is 3. The predicted octanol–water partition coefficient (Wildman–Crippen LogP) is 2.40. The lowest BCUT2D eigenvalue weighted by atomic mass is 9.93. The van der Waals surface area contributed by atoms with Crippen LogP contribution in [0.15, 0.2) is 48.8 Å². The largest absolute Gasteiger partial charge is 0.341 e. The molecule has 6 heteroatoms. The monoisotopic (exact) mass is 341 g/mol. The molecular formula is C19H20FN3O2. The Labute approximate surface area is 146 Å². The van der Waals surface area contributed by atoms with E-state index in [-0.39, 0.29) is 36.6 Å². The quantitative estimate of drug-likeness (QED) is 0.858. The molecule has 1 saturated heterocycles. The number of carbonyl (C=O) groups excluding carboxylic acids is 2. The maximum atomic E-state index is 13.8. The zero-order valence-electron chi connectivity index (χ0n) is 14.2. The van der Waals surface area contributed by atoms with Crippen LogP contribution < -0.4 is 0 Å². The van der Waals surface area contributed by atoms with Crippen molar-refractivity contribution < 1.29 is 14.0 Å². The average molecular weight is 341 g/mol. The third-order valence-electron chi connectivity index (χ3n) is 4.67. The summed E-state index contributed by atoms with van der Waals surface area (Å²) < 4.78 is 13.8. The Kier molecular flexibility index (Phi) is 4.79. The van der Waals surface area contributed by atoms with Crippen molar-refractivity contribution in [3.05, 3.63) is 65.7 Å². The van der Waals surface area contributed by atoms with Crippen LogP contribution in [0, 0.1) is 11.7 Å². The van der Waals surface area contributed by atoms with E-state index in [0.29, 0.717) is 5.56 Å². The molecule has 2 amide bonds. The molecule has 5 nitrogen and oxygen atoms in total. The van der Waals surface area contributed by atoms with Crippen molar-refractivity contribution in [2.75, 3.05) is 14.1 Å². The van der Waals surface area contributed by atoms with Gasteiger partial charge in [0.25, 0.3) is 0 Å².